The molecule has 1 aromatic carbocycles. The van der Waals surface area contributed by atoms with Crippen LogP contribution >= 0.6 is 0 Å². The molecule has 0 spiro atoms. The third-order valence-corrected chi connectivity index (χ3v) is 4.93. The topological polar surface area (TPSA) is 123 Å². The van der Waals surface area contributed by atoms with E-state index < -0.39 is 47.4 Å². The van der Waals surface area contributed by atoms with Crippen molar-refractivity contribution in [1.82, 2.24) is 0 Å². The van der Waals surface area contributed by atoms with Gasteiger partial charge in [0.05, 0.1) is 11.5 Å². The van der Waals surface area contributed by atoms with Crippen molar-refractivity contribution in [2.24, 2.45) is 0 Å². The number of benzene rings is 1. The molecule has 5 atom stereocenters. The Morgan fingerprint density at radius 1 is 1.13 bits per heavy atom. The van der Waals surface area contributed by atoms with Crippen molar-refractivity contribution in [3.05, 3.63) is 29.8 Å². The Kier molecular flexibility index (Phi) is 5.74. The van der Waals surface area contributed by atoms with E-state index in [9.17, 15) is 23.7 Å². The summed E-state index contributed by atoms with van der Waals surface area (Å²) in [4.78, 5) is -0.0377. The minimum Gasteiger partial charge on any atom is -0.387 e. The van der Waals surface area contributed by atoms with Gasteiger partial charge >= 0.3 is 0 Å². The second kappa shape index (κ2) is 7.22. The highest BCUT2D eigenvalue weighted by atomic mass is 32.2. The van der Waals surface area contributed by atoms with Crippen molar-refractivity contribution < 1.29 is 37.4 Å². The van der Waals surface area contributed by atoms with Crippen molar-refractivity contribution in [2.45, 2.75) is 42.5 Å². The highest BCUT2D eigenvalue weighted by Crippen LogP contribution is 2.23. The molecule has 0 aromatic heterocycles. The zero-order chi connectivity index (χ0) is 17.2. The highest BCUT2D eigenvalue weighted by molar-refractivity contribution is 7.86. The molecule has 0 saturated carbocycles. The first-order chi connectivity index (χ1) is 10.8. The number of hydrogen-bond acceptors (Lipinski definition) is 8. The van der Waals surface area contributed by atoms with Gasteiger partial charge in [-0.25, -0.2) is 0 Å². The quantitative estimate of drug-likeness (QED) is 0.589. The average molecular weight is 348 g/mol. The SMILES string of the molecule is CO[C@@H]1[C@@H](O)[C@@H](O)[C@@H](COS(=O)(=O)c2ccc(C)cc2)O[C@@H]1O. The van der Waals surface area contributed by atoms with E-state index >= 15 is 0 Å². The first-order valence-corrected chi connectivity index (χ1v) is 8.35. The minimum absolute atomic E-state index is 0.0377. The summed E-state index contributed by atoms with van der Waals surface area (Å²) in [6.45, 7) is 1.26. The van der Waals surface area contributed by atoms with Gasteiger partial charge in [-0.1, -0.05) is 17.7 Å². The van der Waals surface area contributed by atoms with Crippen LogP contribution in [0.25, 0.3) is 0 Å². The molecule has 1 fully saturated rings. The van der Waals surface area contributed by atoms with Crippen molar-refractivity contribution in [2.75, 3.05) is 13.7 Å². The Morgan fingerprint density at radius 3 is 2.30 bits per heavy atom. The number of methoxy groups -OCH3 is 1. The van der Waals surface area contributed by atoms with Gasteiger partial charge in [0.25, 0.3) is 10.1 Å². The first-order valence-electron chi connectivity index (χ1n) is 6.95. The van der Waals surface area contributed by atoms with Crippen LogP contribution in [0.1, 0.15) is 5.56 Å². The third-order valence-electron chi connectivity index (χ3n) is 3.63. The summed E-state index contributed by atoms with van der Waals surface area (Å²) in [6.07, 6.45) is -6.74. The molecule has 0 radical (unpaired) electrons. The Hall–Kier alpha value is -1.07. The van der Waals surface area contributed by atoms with Gasteiger partial charge in [0, 0.05) is 7.11 Å². The standard InChI is InChI=1S/C14H20O8S/c1-8-3-5-9(6-4-8)23(18,19)21-7-10-11(15)12(16)13(20-2)14(17)22-10/h3-6,10-17H,7H2,1-2H3/t10-,11+,12+,13-,14+/m1/s1. The molecule has 23 heavy (non-hydrogen) atoms. The Labute approximate surface area is 134 Å². The van der Waals surface area contributed by atoms with Gasteiger partial charge in [-0.05, 0) is 19.1 Å². The molecule has 1 aromatic rings. The monoisotopic (exact) mass is 348 g/mol. The molecule has 8 nitrogen and oxygen atoms in total. The molecule has 1 heterocycles. The molecule has 0 bridgehead atoms. The fraction of sp³-hybridized carbons (Fsp3) is 0.571. The summed E-state index contributed by atoms with van der Waals surface area (Å²) in [7, 11) is -2.80. The van der Waals surface area contributed by atoms with E-state index in [0.29, 0.717) is 0 Å². The lowest BCUT2D eigenvalue weighted by Gasteiger charge is -2.39. The molecule has 2 rings (SSSR count). The summed E-state index contributed by atoms with van der Waals surface area (Å²) in [5, 5.41) is 29.4. The molecule has 0 aliphatic carbocycles. The molecule has 9 heteroatoms. The molecule has 0 unspecified atom stereocenters. The van der Waals surface area contributed by atoms with Crippen LogP contribution < -0.4 is 0 Å². The lowest BCUT2D eigenvalue weighted by molar-refractivity contribution is -0.290. The normalized spacial score (nSPS) is 32.0. The molecule has 3 N–H and O–H groups in total. The van der Waals surface area contributed by atoms with Crippen LogP contribution in [0.3, 0.4) is 0 Å². The first kappa shape index (κ1) is 18.3. The maximum Gasteiger partial charge on any atom is 0.297 e. The zero-order valence-corrected chi connectivity index (χ0v) is 13.5. The number of aliphatic hydroxyl groups excluding tert-OH is 3. The fourth-order valence-electron chi connectivity index (χ4n) is 2.24. The van der Waals surface area contributed by atoms with Crippen LogP contribution in [0.15, 0.2) is 29.2 Å². The molecule has 1 saturated heterocycles. The number of ether oxygens (including phenoxy) is 2. The van der Waals surface area contributed by atoms with Crippen molar-refractivity contribution >= 4 is 10.1 Å². The summed E-state index contributed by atoms with van der Waals surface area (Å²) < 4.78 is 38.9. The predicted molar refractivity (Wildman–Crippen MR) is 78.0 cm³/mol. The van der Waals surface area contributed by atoms with Gasteiger partial charge in [0.15, 0.2) is 6.29 Å². The minimum atomic E-state index is -4.04. The Balaban J connectivity index is 2.04. The van der Waals surface area contributed by atoms with E-state index in [1.54, 1.807) is 12.1 Å². The Morgan fingerprint density at radius 2 is 1.74 bits per heavy atom. The second-order valence-electron chi connectivity index (χ2n) is 5.30. The van der Waals surface area contributed by atoms with Gasteiger partial charge in [-0.2, -0.15) is 8.42 Å². The molecule has 1 aliphatic heterocycles. The van der Waals surface area contributed by atoms with Gasteiger partial charge in [0.1, 0.15) is 24.4 Å². The van der Waals surface area contributed by atoms with Crippen molar-refractivity contribution in [3.8, 4) is 0 Å². The van der Waals surface area contributed by atoms with E-state index in [1.165, 1.54) is 19.2 Å². The van der Waals surface area contributed by atoms with Crippen molar-refractivity contribution in [1.29, 1.82) is 0 Å². The Bertz CT molecular complexity index is 614. The number of aliphatic hydroxyl groups is 3. The molecule has 1 aliphatic rings. The molecule has 130 valence electrons. The summed E-state index contributed by atoms with van der Waals surface area (Å²) in [5.74, 6) is 0. The van der Waals surface area contributed by atoms with Crippen LogP contribution in [0, 0.1) is 6.92 Å². The number of rotatable bonds is 5. The van der Waals surface area contributed by atoms with E-state index in [-0.39, 0.29) is 4.90 Å². The second-order valence-corrected chi connectivity index (χ2v) is 6.91. The lowest BCUT2D eigenvalue weighted by atomic mass is 9.99. The molecular formula is C14H20O8S. The van der Waals surface area contributed by atoms with Gasteiger partial charge in [-0.3, -0.25) is 4.18 Å². The maximum atomic E-state index is 12.1. The summed E-state index contributed by atoms with van der Waals surface area (Å²) in [5.41, 5.74) is 0.895. The predicted octanol–water partition coefficient (Wildman–Crippen LogP) is -0.846. The number of aryl methyl sites for hydroxylation is 1. The van der Waals surface area contributed by atoms with Crippen LogP contribution in [0.4, 0.5) is 0 Å². The van der Waals surface area contributed by atoms with Crippen LogP contribution in [0.2, 0.25) is 0 Å². The van der Waals surface area contributed by atoms with E-state index in [0.717, 1.165) is 5.56 Å². The fourth-order valence-corrected chi connectivity index (χ4v) is 3.16. The summed E-state index contributed by atoms with van der Waals surface area (Å²) >= 11 is 0. The highest BCUT2D eigenvalue weighted by Gasteiger charge is 2.44. The van der Waals surface area contributed by atoms with Crippen LogP contribution in [-0.2, 0) is 23.8 Å². The van der Waals surface area contributed by atoms with Crippen LogP contribution in [-0.4, -0.2) is 68.2 Å². The largest absolute Gasteiger partial charge is 0.387 e. The van der Waals surface area contributed by atoms with Crippen LogP contribution in [0.5, 0.6) is 0 Å². The van der Waals surface area contributed by atoms with E-state index in [4.69, 9.17) is 13.7 Å². The van der Waals surface area contributed by atoms with Crippen molar-refractivity contribution in [3.63, 3.8) is 0 Å². The van der Waals surface area contributed by atoms with E-state index in [2.05, 4.69) is 0 Å². The lowest BCUT2D eigenvalue weighted by Crippen LogP contribution is -2.59. The summed E-state index contributed by atoms with van der Waals surface area (Å²) in [6, 6.07) is 6.04. The maximum absolute atomic E-state index is 12.1. The van der Waals surface area contributed by atoms with Gasteiger partial charge < -0.3 is 24.8 Å². The van der Waals surface area contributed by atoms with E-state index in [1.807, 2.05) is 6.92 Å². The molecule has 0 amide bonds. The molecular weight excluding hydrogens is 328 g/mol. The smallest absolute Gasteiger partial charge is 0.297 e. The van der Waals surface area contributed by atoms with Gasteiger partial charge in [-0.15, -0.1) is 0 Å². The third kappa shape index (κ3) is 4.07. The zero-order valence-electron chi connectivity index (χ0n) is 12.7. The number of hydrogen-bond donors (Lipinski definition) is 3. The van der Waals surface area contributed by atoms with Gasteiger partial charge in [0.2, 0.25) is 0 Å². The average Bonchev–Trinajstić information content (AvgIpc) is 2.50.